The van der Waals surface area contributed by atoms with Crippen LogP contribution in [0.4, 0.5) is 23.2 Å². The summed E-state index contributed by atoms with van der Waals surface area (Å²) in [6, 6.07) is 6.37. The predicted molar refractivity (Wildman–Crippen MR) is 90.2 cm³/mol. The molecular weight excluding hydrogens is 364 g/mol. The number of pyridine rings is 1. The number of hydrogen-bond acceptors (Lipinski definition) is 3. The second kappa shape index (κ2) is 6.82. The molecule has 0 unspecified atom stereocenters. The lowest BCUT2D eigenvalue weighted by Crippen LogP contribution is -2.14. The summed E-state index contributed by atoms with van der Waals surface area (Å²) in [5, 5.41) is 6.62. The van der Waals surface area contributed by atoms with E-state index in [4.69, 9.17) is 0 Å². The van der Waals surface area contributed by atoms with Crippen LogP contribution in [-0.2, 0) is 6.18 Å². The van der Waals surface area contributed by atoms with Gasteiger partial charge in [-0.25, -0.2) is 14.1 Å². The summed E-state index contributed by atoms with van der Waals surface area (Å²) < 4.78 is 52.8. The molecular formula is C18H14F4N4O. The standard InChI is InChI=1S/C18H14F4N4O/c1-10-14(19)4-3-5-15(10)25-17(27)13-9-24-26(11(13)2)16-7-6-12(8-23-16)18(20,21)22/h3-9H,1-2H3,(H,25,27). The van der Waals surface area contributed by atoms with E-state index < -0.39 is 23.5 Å². The number of nitrogens with one attached hydrogen (secondary N) is 1. The highest BCUT2D eigenvalue weighted by molar-refractivity contribution is 6.05. The number of carbonyl (C=O) groups is 1. The molecule has 2 heterocycles. The average Bonchev–Trinajstić information content (AvgIpc) is 3.00. The van der Waals surface area contributed by atoms with Gasteiger partial charge in [0, 0.05) is 17.4 Å². The molecule has 1 N–H and O–H groups in total. The summed E-state index contributed by atoms with van der Waals surface area (Å²) in [6.07, 6.45) is -2.51. The van der Waals surface area contributed by atoms with Crippen LogP contribution in [0.25, 0.3) is 5.82 Å². The number of anilines is 1. The molecule has 2 aromatic heterocycles. The van der Waals surface area contributed by atoms with Crippen molar-refractivity contribution in [2.24, 2.45) is 0 Å². The fraction of sp³-hybridized carbons (Fsp3) is 0.167. The van der Waals surface area contributed by atoms with Crippen LogP contribution >= 0.6 is 0 Å². The number of rotatable bonds is 3. The highest BCUT2D eigenvalue weighted by atomic mass is 19.4. The van der Waals surface area contributed by atoms with E-state index in [1.165, 1.54) is 36.0 Å². The van der Waals surface area contributed by atoms with Crippen molar-refractivity contribution in [1.82, 2.24) is 14.8 Å². The third-order valence-corrected chi connectivity index (χ3v) is 4.06. The maximum atomic E-state index is 13.6. The molecule has 9 heteroatoms. The van der Waals surface area contributed by atoms with Gasteiger partial charge < -0.3 is 5.32 Å². The van der Waals surface area contributed by atoms with E-state index in [1.807, 2.05) is 0 Å². The first-order valence-electron chi connectivity index (χ1n) is 7.83. The number of nitrogens with zero attached hydrogens (tertiary/aromatic N) is 3. The number of alkyl halides is 3. The van der Waals surface area contributed by atoms with Crippen LogP contribution in [0.2, 0.25) is 0 Å². The van der Waals surface area contributed by atoms with E-state index in [0.717, 1.165) is 6.07 Å². The molecule has 0 aliphatic carbocycles. The number of hydrogen-bond donors (Lipinski definition) is 1. The number of amides is 1. The van der Waals surface area contributed by atoms with E-state index in [9.17, 15) is 22.4 Å². The van der Waals surface area contributed by atoms with Crippen LogP contribution in [0.1, 0.15) is 27.2 Å². The summed E-state index contributed by atoms with van der Waals surface area (Å²) in [7, 11) is 0. The number of benzene rings is 1. The minimum atomic E-state index is -4.49. The molecule has 140 valence electrons. The molecule has 0 fully saturated rings. The molecule has 27 heavy (non-hydrogen) atoms. The van der Waals surface area contributed by atoms with Gasteiger partial charge in [0.15, 0.2) is 5.82 Å². The van der Waals surface area contributed by atoms with Gasteiger partial charge in [0.2, 0.25) is 0 Å². The molecule has 0 bridgehead atoms. The molecule has 3 rings (SSSR count). The smallest absolute Gasteiger partial charge is 0.322 e. The monoisotopic (exact) mass is 378 g/mol. The van der Waals surface area contributed by atoms with Crippen molar-refractivity contribution in [2.45, 2.75) is 20.0 Å². The summed E-state index contributed by atoms with van der Waals surface area (Å²) in [6.45, 7) is 3.12. The third-order valence-electron chi connectivity index (χ3n) is 4.06. The fourth-order valence-corrected chi connectivity index (χ4v) is 2.48. The molecule has 0 radical (unpaired) electrons. The maximum absolute atomic E-state index is 13.6. The van der Waals surface area contributed by atoms with Gasteiger partial charge in [-0.2, -0.15) is 18.3 Å². The third kappa shape index (κ3) is 3.67. The molecule has 0 saturated carbocycles. The Morgan fingerprint density at radius 1 is 1.11 bits per heavy atom. The zero-order valence-electron chi connectivity index (χ0n) is 14.3. The first kappa shape index (κ1) is 18.6. The van der Waals surface area contributed by atoms with Crippen molar-refractivity contribution in [3.63, 3.8) is 0 Å². The molecule has 1 amide bonds. The Morgan fingerprint density at radius 3 is 2.48 bits per heavy atom. The van der Waals surface area contributed by atoms with E-state index >= 15 is 0 Å². The molecule has 5 nitrogen and oxygen atoms in total. The van der Waals surface area contributed by atoms with E-state index in [1.54, 1.807) is 13.0 Å². The highest BCUT2D eigenvalue weighted by Crippen LogP contribution is 2.29. The summed E-state index contributed by atoms with van der Waals surface area (Å²) in [5.74, 6) is -0.824. The van der Waals surface area contributed by atoms with Crippen LogP contribution in [0.5, 0.6) is 0 Å². The van der Waals surface area contributed by atoms with Crippen molar-refractivity contribution in [2.75, 3.05) is 5.32 Å². The van der Waals surface area contributed by atoms with Crippen molar-refractivity contribution in [3.05, 3.63) is 70.9 Å². The van der Waals surface area contributed by atoms with Gasteiger partial charge in [0.1, 0.15) is 5.82 Å². The quantitative estimate of drug-likeness (QED) is 0.692. The zero-order valence-corrected chi connectivity index (χ0v) is 14.3. The van der Waals surface area contributed by atoms with Crippen LogP contribution in [0.3, 0.4) is 0 Å². The first-order chi connectivity index (χ1) is 12.7. The van der Waals surface area contributed by atoms with Gasteiger partial charge in [-0.3, -0.25) is 4.79 Å². The Kier molecular flexibility index (Phi) is 4.69. The number of halogens is 4. The van der Waals surface area contributed by atoms with Crippen LogP contribution in [0, 0.1) is 19.7 Å². The Balaban J connectivity index is 1.86. The minimum absolute atomic E-state index is 0.140. The largest absolute Gasteiger partial charge is 0.417 e. The molecule has 1 aromatic carbocycles. The van der Waals surface area contributed by atoms with Gasteiger partial charge in [0.25, 0.3) is 5.91 Å². The Hall–Kier alpha value is -3.23. The summed E-state index contributed by atoms with van der Waals surface area (Å²) in [5.41, 5.74) is 0.310. The lowest BCUT2D eigenvalue weighted by molar-refractivity contribution is -0.137. The molecule has 0 atom stereocenters. The van der Waals surface area contributed by atoms with Crippen molar-refractivity contribution < 1.29 is 22.4 Å². The van der Waals surface area contributed by atoms with Gasteiger partial charge in [0.05, 0.1) is 23.0 Å². The number of carbonyl (C=O) groups excluding carboxylic acids is 1. The average molecular weight is 378 g/mol. The van der Waals surface area contributed by atoms with E-state index in [-0.39, 0.29) is 11.4 Å². The van der Waals surface area contributed by atoms with Gasteiger partial charge in [-0.05, 0) is 38.1 Å². The van der Waals surface area contributed by atoms with Crippen LogP contribution in [-0.4, -0.2) is 20.7 Å². The van der Waals surface area contributed by atoms with E-state index in [2.05, 4.69) is 15.4 Å². The lowest BCUT2D eigenvalue weighted by Gasteiger charge is -2.09. The normalized spacial score (nSPS) is 11.5. The topological polar surface area (TPSA) is 59.8 Å². The van der Waals surface area contributed by atoms with Crippen LogP contribution in [0.15, 0.2) is 42.7 Å². The Bertz CT molecular complexity index is 994. The summed E-state index contributed by atoms with van der Waals surface area (Å²) >= 11 is 0. The fourth-order valence-electron chi connectivity index (χ4n) is 2.48. The van der Waals surface area contributed by atoms with Gasteiger partial charge >= 0.3 is 6.18 Å². The summed E-state index contributed by atoms with van der Waals surface area (Å²) in [4.78, 5) is 16.2. The minimum Gasteiger partial charge on any atom is -0.322 e. The highest BCUT2D eigenvalue weighted by Gasteiger charge is 2.30. The van der Waals surface area contributed by atoms with E-state index in [0.29, 0.717) is 23.1 Å². The number of aromatic nitrogens is 3. The predicted octanol–water partition coefficient (Wildman–Crippen LogP) is 4.29. The van der Waals surface area contributed by atoms with Crippen LogP contribution < -0.4 is 5.32 Å². The maximum Gasteiger partial charge on any atom is 0.417 e. The molecule has 0 aliphatic rings. The zero-order chi connectivity index (χ0) is 19.8. The molecule has 0 saturated heterocycles. The second-order valence-electron chi connectivity index (χ2n) is 5.82. The molecule has 3 aromatic rings. The SMILES string of the molecule is Cc1c(F)cccc1NC(=O)c1cnn(-c2ccc(C(F)(F)F)cn2)c1C. The molecule has 0 spiro atoms. The lowest BCUT2D eigenvalue weighted by atomic mass is 10.1. The van der Waals surface area contributed by atoms with Crippen molar-refractivity contribution in [3.8, 4) is 5.82 Å². The van der Waals surface area contributed by atoms with Gasteiger partial charge in [-0.1, -0.05) is 6.07 Å². The second-order valence-corrected chi connectivity index (χ2v) is 5.82. The Morgan fingerprint density at radius 2 is 1.85 bits per heavy atom. The molecule has 0 aliphatic heterocycles. The van der Waals surface area contributed by atoms with Gasteiger partial charge in [-0.15, -0.1) is 0 Å². The Labute approximate surface area is 151 Å². The van der Waals surface area contributed by atoms with Crippen molar-refractivity contribution >= 4 is 11.6 Å². The van der Waals surface area contributed by atoms with Crippen molar-refractivity contribution in [1.29, 1.82) is 0 Å². The first-order valence-corrected chi connectivity index (χ1v) is 7.83.